The van der Waals surface area contributed by atoms with Crippen molar-refractivity contribution in [3.8, 4) is 5.75 Å². The molecule has 0 saturated heterocycles. The van der Waals surface area contributed by atoms with E-state index in [1.54, 1.807) is 30.3 Å². The Labute approximate surface area is 215 Å². The highest BCUT2D eigenvalue weighted by atomic mass is 16.3. The highest BCUT2D eigenvalue weighted by Crippen LogP contribution is 2.57. The number of nitrogens with one attached hydrogen (secondary N) is 1. The van der Waals surface area contributed by atoms with E-state index in [9.17, 15) is 9.90 Å². The van der Waals surface area contributed by atoms with Crippen molar-refractivity contribution in [2.45, 2.75) is 76.5 Å². The first-order valence-electron chi connectivity index (χ1n) is 13.1. The smallest absolute Gasteiger partial charge is 0.248 e. The third-order valence-electron chi connectivity index (χ3n) is 8.49. The van der Waals surface area contributed by atoms with Crippen molar-refractivity contribution in [3.63, 3.8) is 0 Å². The molecule has 0 radical (unpaired) electrons. The Kier molecular flexibility index (Phi) is 5.86. The maximum absolute atomic E-state index is 12.6. The molecule has 0 spiro atoms. The molecule has 0 aliphatic heterocycles. The molecule has 186 valence electrons. The van der Waals surface area contributed by atoms with E-state index >= 15 is 0 Å². The number of anilines is 1. The van der Waals surface area contributed by atoms with Gasteiger partial charge in [-0.25, -0.2) is 0 Å². The molecule has 0 unspecified atom stereocenters. The number of rotatable bonds is 5. The number of carbonyl (C=O) groups excluding carboxylic acids is 1. The number of aromatic hydroxyl groups is 1. The Bertz CT molecular complexity index is 1340. The summed E-state index contributed by atoms with van der Waals surface area (Å²) in [6.45, 7) is 11.8. The number of amides is 1. The SMILES string of the molecule is Cc1cc2c(cc1C1(c3ccccc3C=CC(=O)Nc3ccc(O)cc3)CC1)C(C)(C)CCC2(C)C. The molecule has 0 atom stereocenters. The van der Waals surface area contributed by atoms with Gasteiger partial charge in [0.15, 0.2) is 0 Å². The van der Waals surface area contributed by atoms with Gasteiger partial charge in [-0.3, -0.25) is 4.79 Å². The van der Waals surface area contributed by atoms with Gasteiger partial charge in [-0.15, -0.1) is 0 Å². The summed E-state index contributed by atoms with van der Waals surface area (Å²) in [5, 5.41) is 12.3. The first-order valence-corrected chi connectivity index (χ1v) is 13.1. The molecule has 1 amide bonds. The summed E-state index contributed by atoms with van der Waals surface area (Å²) in [6.07, 6.45) is 8.22. The van der Waals surface area contributed by atoms with Gasteiger partial charge in [0, 0.05) is 17.2 Å². The number of phenols is 1. The van der Waals surface area contributed by atoms with Gasteiger partial charge in [0.25, 0.3) is 0 Å². The van der Waals surface area contributed by atoms with Crippen LogP contribution < -0.4 is 5.32 Å². The summed E-state index contributed by atoms with van der Waals surface area (Å²) in [5.41, 5.74) is 9.27. The van der Waals surface area contributed by atoms with Crippen molar-refractivity contribution >= 4 is 17.7 Å². The predicted octanol–water partition coefficient (Wildman–Crippen LogP) is 7.78. The molecule has 5 rings (SSSR count). The Hall–Kier alpha value is -3.33. The summed E-state index contributed by atoms with van der Waals surface area (Å²) >= 11 is 0. The van der Waals surface area contributed by atoms with Crippen LogP contribution in [0.2, 0.25) is 0 Å². The largest absolute Gasteiger partial charge is 0.508 e. The van der Waals surface area contributed by atoms with E-state index in [-0.39, 0.29) is 27.9 Å². The molecule has 0 bridgehead atoms. The topological polar surface area (TPSA) is 49.3 Å². The van der Waals surface area contributed by atoms with Gasteiger partial charge in [-0.2, -0.15) is 0 Å². The molecule has 0 aromatic heterocycles. The van der Waals surface area contributed by atoms with Crippen molar-refractivity contribution in [2.75, 3.05) is 5.32 Å². The van der Waals surface area contributed by atoms with Crippen LogP contribution in [0.25, 0.3) is 6.08 Å². The van der Waals surface area contributed by atoms with E-state index in [2.05, 4.69) is 70.3 Å². The maximum atomic E-state index is 12.6. The van der Waals surface area contributed by atoms with Crippen LogP contribution in [0.1, 0.15) is 86.8 Å². The minimum Gasteiger partial charge on any atom is -0.508 e. The summed E-state index contributed by atoms with van der Waals surface area (Å²) in [4.78, 5) is 12.6. The highest BCUT2D eigenvalue weighted by Gasteiger charge is 2.49. The normalized spacial score (nSPS) is 19.0. The molecule has 36 heavy (non-hydrogen) atoms. The predicted molar refractivity (Wildman–Crippen MR) is 149 cm³/mol. The van der Waals surface area contributed by atoms with Crippen molar-refractivity contribution in [2.24, 2.45) is 0 Å². The Morgan fingerprint density at radius 1 is 0.806 bits per heavy atom. The van der Waals surface area contributed by atoms with Crippen molar-refractivity contribution < 1.29 is 9.90 Å². The van der Waals surface area contributed by atoms with E-state index in [4.69, 9.17) is 0 Å². The molecule has 1 fully saturated rings. The standard InChI is InChI=1S/C33H37NO2/c1-22-20-28-29(32(4,5)17-16-31(28,2)3)21-27(22)33(18-19-33)26-9-7-6-8-23(26)10-15-30(36)34-24-11-13-25(35)14-12-24/h6-15,20-21,35H,16-19H2,1-5H3,(H,34,36). The fourth-order valence-electron chi connectivity index (χ4n) is 6.02. The first kappa shape index (κ1) is 24.4. The Morgan fingerprint density at radius 2 is 1.42 bits per heavy atom. The van der Waals surface area contributed by atoms with Crippen LogP contribution in [0.3, 0.4) is 0 Å². The quantitative estimate of drug-likeness (QED) is 0.290. The van der Waals surface area contributed by atoms with Crippen LogP contribution in [0.4, 0.5) is 5.69 Å². The minimum atomic E-state index is -0.186. The average Bonchev–Trinajstić information content (AvgIpc) is 3.64. The number of aryl methyl sites for hydroxylation is 1. The zero-order valence-corrected chi connectivity index (χ0v) is 22.1. The molecule has 3 heteroatoms. The van der Waals surface area contributed by atoms with Crippen LogP contribution in [0, 0.1) is 6.92 Å². The number of fused-ring (bicyclic) bond motifs is 1. The zero-order chi connectivity index (χ0) is 25.7. The third kappa shape index (κ3) is 4.36. The fraction of sp³-hybridized carbons (Fsp3) is 0.364. The molecule has 3 nitrogen and oxygen atoms in total. The van der Waals surface area contributed by atoms with Gasteiger partial charge in [0.05, 0.1) is 0 Å². The second-order valence-corrected chi connectivity index (χ2v) is 12.0. The molecule has 2 N–H and O–H groups in total. The molecule has 2 aliphatic carbocycles. The van der Waals surface area contributed by atoms with Crippen LogP contribution in [0.5, 0.6) is 5.75 Å². The van der Waals surface area contributed by atoms with E-state index in [0.29, 0.717) is 5.69 Å². The highest BCUT2D eigenvalue weighted by molar-refractivity contribution is 6.02. The lowest BCUT2D eigenvalue weighted by Crippen LogP contribution is -2.34. The van der Waals surface area contributed by atoms with E-state index in [1.807, 2.05) is 12.1 Å². The zero-order valence-electron chi connectivity index (χ0n) is 22.1. The summed E-state index contributed by atoms with van der Waals surface area (Å²) in [6, 6.07) is 20.0. The lowest BCUT2D eigenvalue weighted by atomic mass is 9.62. The fourth-order valence-corrected chi connectivity index (χ4v) is 6.02. The molecule has 0 heterocycles. The number of phenolic OH excluding ortho intramolecular Hbond substituents is 1. The van der Waals surface area contributed by atoms with Crippen LogP contribution in [-0.2, 0) is 21.0 Å². The Balaban J connectivity index is 1.49. The van der Waals surface area contributed by atoms with E-state index in [1.165, 1.54) is 40.7 Å². The molecule has 2 aliphatic rings. The van der Waals surface area contributed by atoms with Crippen molar-refractivity contribution in [1.82, 2.24) is 0 Å². The average molecular weight is 480 g/mol. The lowest BCUT2D eigenvalue weighted by molar-refractivity contribution is -0.111. The van der Waals surface area contributed by atoms with Gasteiger partial charge >= 0.3 is 0 Å². The summed E-state index contributed by atoms with van der Waals surface area (Å²) in [5.74, 6) is -0.00842. The third-order valence-corrected chi connectivity index (χ3v) is 8.49. The maximum Gasteiger partial charge on any atom is 0.248 e. The monoisotopic (exact) mass is 479 g/mol. The number of hydrogen-bond donors (Lipinski definition) is 2. The van der Waals surface area contributed by atoms with E-state index < -0.39 is 0 Å². The van der Waals surface area contributed by atoms with Crippen molar-refractivity contribution in [3.05, 3.63) is 100 Å². The van der Waals surface area contributed by atoms with Crippen molar-refractivity contribution in [1.29, 1.82) is 0 Å². The molecule has 1 saturated carbocycles. The van der Waals surface area contributed by atoms with Crippen LogP contribution in [-0.4, -0.2) is 11.0 Å². The van der Waals surface area contributed by atoms with Crippen LogP contribution in [0.15, 0.2) is 66.7 Å². The number of hydrogen-bond acceptors (Lipinski definition) is 2. The summed E-state index contributed by atoms with van der Waals surface area (Å²) < 4.78 is 0. The summed E-state index contributed by atoms with van der Waals surface area (Å²) in [7, 11) is 0. The number of carbonyl (C=O) groups is 1. The second kappa shape index (κ2) is 8.65. The van der Waals surface area contributed by atoms with Gasteiger partial charge < -0.3 is 10.4 Å². The molecule has 3 aromatic rings. The van der Waals surface area contributed by atoms with Gasteiger partial charge in [0.2, 0.25) is 5.91 Å². The number of benzene rings is 3. The minimum absolute atomic E-state index is 0.00511. The van der Waals surface area contributed by atoms with E-state index in [0.717, 1.165) is 18.4 Å². The van der Waals surface area contributed by atoms with Gasteiger partial charge in [-0.05, 0) is 107 Å². The first-order chi connectivity index (χ1) is 17.0. The second-order valence-electron chi connectivity index (χ2n) is 12.0. The Morgan fingerprint density at radius 3 is 2.06 bits per heavy atom. The van der Waals surface area contributed by atoms with Gasteiger partial charge in [0.1, 0.15) is 5.75 Å². The molecular weight excluding hydrogens is 442 g/mol. The van der Waals surface area contributed by atoms with Crippen LogP contribution >= 0.6 is 0 Å². The molecular formula is C33H37NO2. The molecule has 3 aromatic carbocycles. The lowest BCUT2D eigenvalue weighted by Gasteiger charge is -2.43. The van der Waals surface area contributed by atoms with Gasteiger partial charge in [-0.1, -0.05) is 64.1 Å².